The minimum Gasteiger partial charge on any atom is -0.492 e. The third-order valence-electron chi connectivity index (χ3n) is 3.50. The molecule has 118 valence electrons. The molecule has 0 saturated heterocycles. The standard InChI is InChI=1S/C16H18N6O/c1-2-23-14-8-10(3-5-12(14)17)9-4-6-13-11(7-9)15(22-19)21-16(18)20-13/h3-8H,2,17,19H2,1H3,(H3,18,20,21,22). The smallest absolute Gasteiger partial charge is 0.222 e. The lowest BCUT2D eigenvalue weighted by Crippen LogP contribution is -2.11. The Morgan fingerprint density at radius 1 is 1.04 bits per heavy atom. The molecule has 7 N–H and O–H groups in total. The summed E-state index contributed by atoms with van der Waals surface area (Å²) in [6.07, 6.45) is 0. The summed E-state index contributed by atoms with van der Waals surface area (Å²) in [6.45, 7) is 2.48. The van der Waals surface area contributed by atoms with Crippen molar-refractivity contribution in [2.24, 2.45) is 5.84 Å². The van der Waals surface area contributed by atoms with Crippen LogP contribution in [0.5, 0.6) is 5.75 Å². The summed E-state index contributed by atoms with van der Waals surface area (Å²) in [5, 5.41) is 0.786. The van der Waals surface area contributed by atoms with Gasteiger partial charge in [0.2, 0.25) is 5.95 Å². The highest BCUT2D eigenvalue weighted by atomic mass is 16.5. The molecule has 3 aromatic rings. The number of nitrogen functional groups attached to an aromatic ring is 3. The first-order chi connectivity index (χ1) is 11.1. The minimum atomic E-state index is 0.171. The third-order valence-corrected chi connectivity index (χ3v) is 3.50. The van der Waals surface area contributed by atoms with E-state index in [4.69, 9.17) is 22.0 Å². The van der Waals surface area contributed by atoms with Crippen molar-refractivity contribution in [3.63, 3.8) is 0 Å². The molecule has 0 aliphatic carbocycles. The number of hydrogen-bond donors (Lipinski definition) is 4. The number of nitrogens with one attached hydrogen (secondary N) is 1. The van der Waals surface area contributed by atoms with E-state index in [-0.39, 0.29) is 5.95 Å². The fourth-order valence-electron chi connectivity index (χ4n) is 2.43. The van der Waals surface area contributed by atoms with Crippen LogP contribution in [-0.4, -0.2) is 16.6 Å². The molecule has 23 heavy (non-hydrogen) atoms. The quantitative estimate of drug-likeness (QED) is 0.330. The fraction of sp³-hybridized carbons (Fsp3) is 0.125. The molecule has 3 rings (SSSR count). The maximum atomic E-state index is 5.92. The normalized spacial score (nSPS) is 10.7. The number of nitrogens with two attached hydrogens (primary N) is 3. The van der Waals surface area contributed by atoms with Gasteiger partial charge in [0.15, 0.2) is 5.82 Å². The average Bonchev–Trinajstić information content (AvgIpc) is 2.56. The number of fused-ring (bicyclic) bond motifs is 1. The van der Waals surface area contributed by atoms with Crippen LogP contribution < -0.4 is 27.5 Å². The van der Waals surface area contributed by atoms with Gasteiger partial charge in [-0.15, -0.1) is 0 Å². The van der Waals surface area contributed by atoms with Gasteiger partial charge in [-0.2, -0.15) is 4.98 Å². The highest BCUT2D eigenvalue weighted by Crippen LogP contribution is 2.32. The third kappa shape index (κ3) is 2.82. The maximum Gasteiger partial charge on any atom is 0.222 e. The fourth-order valence-corrected chi connectivity index (χ4v) is 2.43. The van der Waals surface area contributed by atoms with Gasteiger partial charge in [-0.3, -0.25) is 0 Å². The highest BCUT2D eigenvalue weighted by Gasteiger charge is 2.09. The number of rotatable bonds is 4. The first kappa shape index (κ1) is 14.9. The molecule has 0 saturated carbocycles. The number of hydrogen-bond acceptors (Lipinski definition) is 7. The van der Waals surface area contributed by atoms with Crippen molar-refractivity contribution in [1.29, 1.82) is 0 Å². The van der Waals surface area contributed by atoms with Gasteiger partial charge >= 0.3 is 0 Å². The molecule has 0 bridgehead atoms. The molecule has 2 aromatic carbocycles. The van der Waals surface area contributed by atoms with E-state index in [0.29, 0.717) is 23.9 Å². The van der Waals surface area contributed by atoms with Crippen molar-refractivity contribution >= 4 is 28.4 Å². The molecular formula is C16H18N6O. The van der Waals surface area contributed by atoms with Gasteiger partial charge in [0.1, 0.15) is 5.75 Å². The Balaban J connectivity index is 2.13. The lowest BCUT2D eigenvalue weighted by molar-refractivity contribution is 0.342. The topological polar surface area (TPSA) is 125 Å². The first-order valence-corrected chi connectivity index (χ1v) is 7.19. The van der Waals surface area contributed by atoms with E-state index < -0.39 is 0 Å². The number of benzene rings is 2. The van der Waals surface area contributed by atoms with Crippen LogP contribution in [0.3, 0.4) is 0 Å². The molecule has 0 fully saturated rings. The molecule has 7 heteroatoms. The second-order valence-electron chi connectivity index (χ2n) is 4.99. The summed E-state index contributed by atoms with van der Waals surface area (Å²) < 4.78 is 5.55. The number of aromatic nitrogens is 2. The summed E-state index contributed by atoms with van der Waals surface area (Å²) >= 11 is 0. The Morgan fingerprint density at radius 2 is 1.78 bits per heavy atom. The summed E-state index contributed by atoms with van der Waals surface area (Å²) in [7, 11) is 0. The zero-order valence-electron chi connectivity index (χ0n) is 12.7. The van der Waals surface area contributed by atoms with Gasteiger partial charge in [-0.1, -0.05) is 12.1 Å². The molecule has 0 aliphatic heterocycles. The van der Waals surface area contributed by atoms with E-state index in [2.05, 4.69) is 15.4 Å². The average molecular weight is 310 g/mol. The zero-order chi connectivity index (χ0) is 16.4. The summed E-state index contributed by atoms with van der Waals surface area (Å²) in [6, 6.07) is 11.5. The predicted molar refractivity (Wildman–Crippen MR) is 92.8 cm³/mol. The van der Waals surface area contributed by atoms with Crippen molar-refractivity contribution in [3.8, 4) is 16.9 Å². The van der Waals surface area contributed by atoms with E-state index in [1.807, 2.05) is 43.3 Å². The maximum absolute atomic E-state index is 5.92. The van der Waals surface area contributed by atoms with Crippen LogP contribution in [0, 0.1) is 0 Å². The summed E-state index contributed by atoms with van der Waals surface area (Å²) in [5.41, 5.74) is 17.4. The van der Waals surface area contributed by atoms with E-state index in [9.17, 15) is 0 Å². The zero-order valence-corrected chi connectivity index (χ0v) is 12.7. The largest absolute Gasteiger partial charge is 0.492 e. The second-order valence-corrected chi connectivity index (χ2v) is 4.99. The van der Waals surface area contributed by atoms with Gasteiger partial charge in [-0.05, 0) is 42.3 Å². The SMILES string of the molecule is CCOc1cc(-c2ccc3nc(N)nc(NN)c3c2)ccc1N. The molecule has 0 radical (unpaired) electrons. The Kier molecular flexibility index (Phi) is 3.86. The molecule has 0 amide bonds. The van der Waals surface area contributed by atoms with Crippen LogP contribution in [0.1, 0.15) is 6.92 Å². The monoisotopic (exact) mass is 310 g/mol. The van der Waals surface area contributed by atoms with Crippen LogP contribution in [0.4, 0.5) is 17.5 Å². The highest BCUT2D eigenvalue weighted by molar-refractivity contribution is 5.93. The Labute approximate surface area is 133 Å². The molecular weight excluding hydrogens is 292 g/mol. The Morgan fingerprint density at radius 3 is 2.52 bits per heavy atom. The van der Waals surface area contributed by atoms with E-state index >= 15 is 0 Å². The summed E-state index contributed by atoms with van der Waals surface area (Å²) in [4.78, 5) is 8.31. The minimum absolute atomic E-state index is 0.171. The molecule has 1 heterocycles. The Hall–Kier alpha value is -3.06. The number of ether oxygens (including phenoxy) is 1. The second kappa shape index (κ2) is 5.98. The van der Waals surface area contributed by atoms with Crippen LogP contribution >= 0.6 is 0 Å². The Bertz CT molecular complexity index is 865. The predicted octanol–water partition coefficient (Wildman–Crippen LogP) is 2.15. The van der Waals surface area contributed by atoms with Gasteiger partial charge in [-0.25, -0.2) is 10.8 Å². The van der Waals surface area contributed by atoms with E-state index in [0.717, 1.165) is 22.0 Å². The number of hydrazine groups is 1. The molecule has 7 nitrogen and oxygen atoms in total. The molecule has 0 aliphatic rings. The van der Waals surface area contributed by atoms with Crippen molar-refractivity contribution in [2.75, 3.05) is 23.5 Å². The molecule has 1 aromatic heterocycles. The summed E-state index contributed by atoms with van der Waals surface area (Å²) in [5.74, 6) is 6.84. The van der Waals surface area contributed by atoms with Crippen LogP contribution in [-0.2, 0) is 0 Å². The van der Waals surface area contributed by atoms with Crippen molar-refractivity contribution in [2.45, 2.75) is 6.92 Å². The molecule has 0 spiro atoms. The number of nitrogens with zero attached hydrogens (tertiary/aromatic N) is 2. The van der Waals surface area contributed by atoms with Gasteiger partial charge in [0.25, 0.3) is 0 Å². The van der Waals surface area contributed by atoms with Crippen LogP contribution in [0.25, 0.3) is 22.0 Å². The first-order valence-electron chi connectivity index (χ1n) is 7.19. The van der Waals surface area contributed by atoms with Crippen molar-refractivity contribution < 1.29 is 4.74 Å². The van der Waals surface area contributed by atoms with Gasteiger partial charge in [0.05, 0.1) is 17.8 Å². The van der Waals surface area contributed by atoms with Gasteiger partial charge in [0, 0.05) is 5.39 Å². The van der Waals surface area contributed by atoms with Crippen molar-refractivity contribution in [3.05, 3.63) is 36.4 Å². The number of anilines is 3. The lowest BCUT2D eigenvalue weighted by atomic mass is 10.0. The van der Waals surface area contributed by atoms with Crippen molar-refractivity contribution in [1.82, 2.24) is 9.97 Å². The molecule has 0 atom stereocenters. The van der Waals surface area contributed by atoms with Crippen LogP contribution in [0.2, 0.25) is 0 Å². The van der Waals surface area contributed by atoms with Gasteiger partial charge < -0.3 is 21.6 Å². The lowest BCUT2D eigenvalue weighted by Gasteiger charge is -2.11. The van der Waals surface area contributed by atoms with E-state index in [1.54, 1.807) is 0 Å². The van der Waals surface area contributed by atoms with Crippen LogP contribution in [0.15, 0.2) is 36.4 Å². The van der Waals surface area contributed by atoms with E-state index in [1.165, 1.54) is 0 Å². The molecule has 0 unspecified atom stereocenters.